The van der Waals surface area contributed by atoms with Crippen LogP contribution < -0.4 is 10.8 Å². The molecular weight excluding hydrogens is 693 g/mol. The van der Waals surface area contributed by atoms with Gasteiger partial charge in [0.15, 0.2) is 33.1 Å². The third-order valence-corrected chi connectivity index (χ3v) is 10.4. The van der Waals surface area contributed by atoms with Gasteiger partial charge < -0.3 is 18.0 Å². The van der Waals surface area contributed by atoms with E-state index in [1.807, 2.05) is 121 Å². The van der Waals surface area contributed by atoms with E-state index < -0.39 is 0 Å². The Bertz CT molecular complexity index is 3300. The third kappa shape index (κ3) is 4.62. The van der Waals surface area contributed by atoms with Crippen LogP contribution in [0.15, 0.2) is 154 Å². The van der Waals surface area contributed by atoms with Crippen LogP contribution in [0.3, 0.4) is 0 Å². The van der Waals surface area contributed by atoms with Gasteiger partial charge in [0.2, 0.25) is 0 Å². The van der Waals surface area contributed by atoms with E-state index in [1.54, 1.807) is 0 Å². The van der Waals surface area contributed by atoms with Gasteiger partial charge in [-0.15, -0.1) is 0 Å². The molecule has 0 aliphatic carbocycles. The van der Waals surface area contributed by atoms with E-state index in [0.29, 0.717) is 22.3 Å². The Kier molecular flexibility index (Phi) is 7.19. The molecule has 0 saturated carbocycles. The number of nitrogens with zero attached hydrogens (tertiary/aromatic N) is 6. The molecule has 258 valence electrons. The van der Waals surface area contributed by atoms with Crippen LogP contribution in [0.5, 0.6) is 0 Å². The average Bonchev–Trinajstić information content (AvgIpc) is 3.99. The van der Waals surface area contributed by atoms with Crippen molar-refractivity contribution in [2.24, 2.45) is 0 Å². The first-order chi connectivity index (χ1) is 27.6. The zero-order valence-electron chi connectivity index (χ0n) is 29.4. The number of nitriles is 4. The maximum Gasteiger partial charge on any atom is 0.182 e. The number of hydrogen-bond acceptors (Lipinski definition) is 6. The van der Waals surface area contributed by atoms with Crippen LogP contribution >= 0.6 is 0 Å². The summed E-state index contributed by atoms with van der Waals surface area (Å²) in [4.78, 5) is 0. The lowest BCUT2D eigenvalue weighted by Gasteiger charge is -2.07. The van der Waals surface area contributed by atoms with Gasteiger partial charge >= 0.3 is 0 Å². The fraction of sp³-hybridized carbons (Fsp3) is 0. The fourth-order valence-electron chi connectivity index (χ4n) is 8.03. The van der Waals surface area contributed by atoms with Gasteiger partial charge in [-0.2, -0.15) is 21.0 Å². The summed E-state index contributed by atoms with van der Waals surface area (Å²) in [6.45, 7) is 0. The molecule has 0 radical (unpaired) electrons. The molecule has 0 saturated heterocycles. The molecule has 0 unspecified atom stereocenters. The van der Waals surface area contributed by atoms with E-state index in [9.17, 15) is 21.0 Å². The van der Waals surface area contributed by atoms with Gasteiger partial charge in [0.25, 0.3) is 0 Å². The molecule has 0 spiro atoms. The van der Waals surface area contributed by atoms with E-state index in [-0.39, 0.29) is 33.1 Å². The Morgan fingerprint density at radius 1 is 0.393 bits per heavy atom. The summed E-state index contributed by atoms with van der Waals surface area (Å²) >= 11 is 0. The minimum Gasteiger partial charge on any atom is -0.450 e. The molecule has 0 aliphatic rings. The van der Waals surface area contributed by atoms with Crippen LogP contribution in [0.1, 0.15) is 0 Å². The van der Waals surface area contributed by atoms with Crippen LogP contribution in [0.25, 0.3) is 99.6 Å². The molecule has 8 heteroatoms. The fourth-order valence-corrected chi connectivity index (χ4v) is 8.03. The van der Waals surface area contributed by atoms with Crippen molar-refractivity contribution in [1.29, 1.82) is 21.0 Å². The van der Waals surface area contributed by atoms with E-state index in [2.05, 4.69) is 57.7 Å². The molecule has 0 fully saturated rings. The first kappa shape index (κ1) is 32.1. The molecule has 0 amide bonds. The number of benzene rings is 6. The summed E-state index contributed by atoms with van der Waals surface area (Å²) in [6, 6.07) is 56.3. The van der Waals surface area contributed by atoms with Crippen LogP contribution in [-0.2, 0) is 0 Å². The lowest BCUT2D eigenvalue weighted by Crippen LogP contribution is -2.08. The smallest absolute Gasteiger partial charge is 0.182 e. The van der Waals surface area contributed by atoms with Crippen molar-refractivity contribution in [3.8, 4) is 57.9 Å². The minimum atomic E-state index is -0.239. The second-order valence-electron chi connectivity index (χ2n) is 13.3. The van der Waals surface area contributed by atoms with Gasteiger partial charge in [0.1, 0.15) is 24.3 Å². The molecule has 0 atom stereocenters. The first-order valence-corrected chi connectivity index (χ1v) is 17.8. The lowest BCUT2D eigenvalue weighted by atomic mass is 10.0. The Hall–Kier alpha value is -8.56. The van der Waals surface area contributed by atoms with Crippen LogP contribution in [-0.4, -0.2) is 9.13 Å². The third-order valence-electron chi connectivity index (χ3n) is 10.4. The first-order valence-electron chi connectivity index (χ1n) is 17.8. The Morgan fingerprint density at radius 3 is 1.14 bits per heavy atom. The number of para-hydroxylation sites is 4. The van der Waals surface area contributed by atoms with Crippen molar-refractivity contribution in [1.82, 2.24) is 9.13 Å². The topological polar surface area (TPSA) is 131 Å². The SMILES string of the molecule is N#CC(C#N)=c1oc2c(-c3ccc4c(c3)c3ccccc3n4-c3ccccc3)c(=C(C#N)C#N)oc2c1-c1ccc2c(c1)c1ccccc1n2-c1ccccc1. The zero-order chi connectivity index (χ0) is 37.9. The molecule has 4 heterocycles. The van der Waals surface area contributed by atoms with E-state index in [4.69, 9.17) is 8.83 Å². The van der Waals surface area contributed by atoms with Crippen LogP contribution in [0.4, 0.5) is 0 Å². The van der Waals surface area contributed by atoms with Crippen molar-refractivity contribution in [3.05, 3.63) is 156 Å². The summed E-state index contributed by atoms with van der Waals surface area (Å²) < 4.78 is 17.4. The summed E-state index contributed by atoms with van der Waals surface area (Å²) in [6.07, 6.45) is 0. The number of furan rings is 2. The quantitative estimate of drug-likeness (QED) is 0.178. The van der Waals surface area contributed by atoms with Gasteiger partial charge in [0.05, 0.1) is 33.2 Å². The van der Waals surface area contributed by atoms with Gasteiger partial charge in [-0.05, 0) is 71.8 Å². The maximum atomic E-state index is 10.2. The molecule has 6 aromatic carbocycles. The Morgan fingerprint density at radius 2 is 0.750 bits per heavy atom. The van der Waals surface area contributed by atoms with Crippen molar-refractivity contribution < 1.29 is 8.83 Å². The normalized spacial score (nSPS) is 11.1. The largest absolute Gasteiger partial charge is 0.450 e. The maximum absolute atomic E-state index is 10.2. The predicted octanol–water partition coefficient (Wildman–Crippen LogP) is 9.95. The summed E-state index contributed by atoms with van der Waals surface area (Å²) in [5.74, 6) is 0. The zero-order valence-corrected chi connectivity index (χ0v) is 29.4. The summed E-state index contributed by atoms with van der Waals surface area (Å²) in [7, 11) is 0. The minimum absolute atomic E-state index is 0.0416. The second-order valence-corrected chi connectivity index (χ2v) is 13.3. The van der Waals surface area contributed by atoms with Gasteiger partial charge in [-0.1, -0.05) is 84.9 Å². The summed E-state index contributed by atoms with van der Waals surface area (Å²) in [5.41, 5.74) is 8.00. The molecular formula is C48H24N6O2. The molecule has 10 aromatic rings. The molecule has 8 nitrogen and oxygen atoms in total. The lowest BCUT2D eigenvalue weighted by molar-refractivity contribution is 0.575. The van der Waals surface area contributed by atoms with Crippen molar-refractivity contribution in [3.63, 3.8) is 0 Å². The second kappa shape index (κ2) is 12.5. The standard InChI is InChI=1S/C48H24N6O2/c49-25-31(26-50)45-43(29-19-21-41-37(23-29)35-15-7-9-17-39(35)53(41)33-11-3-1-4-12-33)47-48(55-45)44(46(56-47)32(27-51)28-52)30-20-22-42-38(24-30)36-16-8-10-18-40(36)54(42)34-13-5-2-6-14-34/h1-24H. The number of fused-ring (bicyclic) bond motifs is 7. The number of rotatable bonds is 4. The van der Waals surface area contributed by atoms with Crippen LogP contribution in [0.2, 0.25) is 0 Å². The molecule has 56 heavy (non-hydrogen) atoms. The van der Waals surface area contributed by atoms with Crippen LogP contribution in [0, 0.1) is 45.3 Å². The highest BCUT2D eigenvalue weighted by molar-refractivity contribution is 6.13. The summed E-state index contributed by atoms with van der Waals surface area (Å²) in [5, 5.41) is 44.6. The van der Waals surface area contributed by atoms with Crippen molar-refractivity contribution in [2.45, 2.75) is 0 Å². The monoisotopic (exact) mass is 716 g/mol. The number of aromatic nitrogens is 2. The van der Waals surface area contributed by atoms with Crippen molar-refractivity contribution >= 4 is 65.9 Å². The van der Waals surface area contributed by atoms with Gasteiger partial charge in [-0.3, -0.25) is 0 Å². The molecule has 4 aromatic heterocycles. The van der Waals surface area contributed by atoms with Gasteiger partial charge in [0, 0.05) is 32.9 Å². The highest BCUT2D eigenvalue weighted by atomic mass is 16.4. The average molecular weight is 717 g/mol. The Labute approximate surface area is 318 Å². The molecule has 0 bridgehead atoms. The van der Waals surface area contributed by atoms with E-state index >= 15 is 0 Å². The highest BCUT2D eigenvalue weighted by Gasteiger charge is 2.27. The molecule has 0 N–H and O–H groups in total. The van der Waals surface area contributed by atoms with Crippen molar-refractivity contribution in [2.75, 3.05) is 0 Å². The molecule has 0 aliphatic heterocycles. The molecule has 10 rings (SSSR count). The highest BCUT2D eigenvalue weighted by Crippen LogP contribution is 2.40. The van der Waals surface area contributed by atoms with E-state index in [1.165, 1.54) is 0 Å². The van der Waals surface area contributed by atoms with E-state index in [0.717, 1.165) is 55.0 Å². The predicted molar refractivity (Wildman–Crippen MR) is 217 cm³/mol. The Balaban J connectivity index is 1.29. The number of hydrogen-bond donors (Lipinski definition) is 0. The van der Waals surface area contributed by atoms with Gasteiger partial charge in [-0.25, -0.2) is 0 Å².